The van der Waals surface area contributed by atoms with Crippen molar-refractivity contribution in [3.05, 3.63) is 59.2 Å². The van der Waals surface area contributed by atoms with Gasteiger partial charge in [-0.05, 0) is 29.8 Å². The van der Waals surface area contributed by atoms with Crippen LogP contribution in [0.2, 0.25) is 0 Å². The van der Waals surface area contributed by atoms with Crippen molar-refractivity contribution < 1.29 is 19.1 Å². The number of hydrogen-bond acceptors (Lipinski definition) is 4. The molecule has 0 aliphatic carbocycles. The first-order valence-corrected chi connectivity index (χ1v) is 7.39. The van der Waals surface area contributed by atoms with Gasteiger partial charge in [0.15, 0.2) is 0 Å². The summed E-state index contributed by atoms with van der Waals surface area (Å²) in [5, 5.41) is 2.72. The molecule has 24 heavy (non-hydrogen) atoms. The van der Waals surface area contributed by atoms with Crippen LogP contribution in [0.25, 0.3) is 0 Å². The number of benzene rings is 2. The molecule has 1 heterocycles. The molecule has 2 aromatic rings. The zero-order valence-corrected chi connectivity index (χ0v) is 13.3. The summed E-state index contributed by atoms with van der Waals surface area (Å²) >= 11 is 0. The van der Waals surface area contributed by atoms with E-state index in [4.69, 9.17) is 4.74 Å². The predicted molar refractivity (Wildman–Crippen MR) is 88.2 cm³/mol. The fourth-order valence-electron chi connectivity index (χ4n) is 2.63. The minimum Gasteiger partial charge on any atom is -0.497 e. The molecule has 0 unspecified atom stereocenters. The number of nitrogens with one attached hydrogen (secondary N) is 1. The summed E-state index contributed by atoms with van der Waals surface area (Å²) in [7, 11) is 3.00. The predicted octanol–water partition coefficient (Wildman–Crippen LogP) is 2.10. The standard InChI is InChI=1S/C18H16N2O4/c1-20-17(22)13-4-3-5-14(16(13)18(20)23)19-15(21)10-11-6-8-12(24-2)9-7-11/h3-9H,10H2,1-2H3,(H,19,21). The molecule has 0 saturated heterocycles. The van der Waals surface area contributed by atoms with E-state index in [9.17, 15) is 14.4 Å². The summed E-state index contributed by atoms with van der Waals surface area (Å²) in [6, 6.07) is 12.0. The molecule has 3 amide bonds. The molecule has 6 heteroatoms. The monoisotopic (exact) mass is 324 g/mol. The number of amides is 3. The van der Waals surface area contributed by atoms with Crippen LogP contribution >= 0.6 is 0 Å². The third-order valence-electron chi connectivity index (χ3n) is 3.92. The second kappa shape index (κ2) is 6.16. The summed E-state index contributed by atoms with van der Waals surface area (Å²) in [4.78, 5) is 37.5. The van der Waals surface area contributed by atoms with Crippen LogP contribution in [0.5, 0.6) is 5.75 Å². The van der Waals surface area contributed by atoms with Gasteiger partial charge in [0.1, 0.15) is 5.75 Å². The summed E-state index contributed by atoms with van der Waals surface area (Å²) < 4.78 is 5.08. The normalized spacial score (nSPS) is 13.0. The quantitative estimate of drug-likeness (QED) is 0.874. The average Bonchev–Trinajstić information content (AvgIpc) is 2.81. The van der Waals surface area contributed by atoms with Crippen molar-refractivity contribution >= 4 is 23.4 Å². The van der Waals surface area contributed by atoms with E-state index in [2.05, 4.69) is 5.32 Å². The highest BCUT2D eigenvalue weighted by molar-refractivity contribution is 6.24. The number of nitrogens with zero attached hydrogens (tertiary/aromatic N) is 1. The molecule has 1 aliphatic heterocycles. The second-order valence-corrected chi connectivity index (χ2v) is 5.47. The largest absolute Gasteiger partial charge is 0.497 e. The third kappa shape index (κ3) is 2.74. The van der Waals surface area contributed by atoms with Gasteiger partial charge in [-0.25, -0.2) is 0 Å². The molecule has 0 radical (unpaired) electrons. The topological polar surface area (TPSA) is 75.7 Å². The molecule has 0 atom stereocenters. The van der Waals surface area contributed by atoms with E-state index < -0.39 is 5.91 Å². The Morgan fingerprint density at radius 2 is 1.79 bits per heavy atom. The molecular formula is C18H16N2O4. The first-order valence-electron chi connectivity index (χ1n) is 7.39. The number of ether oxygens (including phenoxy) is 1. The summed E-state index contributed by atoms with van der Waals surface area (Å²) in [5.41, 5.74) is 1.73. The number of carbonyl (C=O) groups excluding carboxylic acids is 3. The first kappa shape index (κ1) is 15.7. The van der Waals surface area contributed by atoms with Gasteiger partial charge in [0, 0.05) is 7.05 Å². The minimum absolute atomic E-state index is 0.158. The van der Waals surface area contributed by atoms with Crippen molar-refractivity contribution in [3.8, 4) is 5.75 Å². The third-order valence-corrected chi connectivity index (χ3v) is 3.92. The molecule has 1 N–H and O–H groups in total. The Bertz CT molecular complexity index is 827. The molecular weight excluding hydrogens is 308 g/mol. The zero-order valence-electron chi connectivity index (χ0n) is 13.3. The first-order chi connectivity index (χ1) is 11.5. The van der Waals surface area contributed by atoms with Crippen molar-refractivity contribution in [2.75, 3.05) is 19.5 Å². The molecule has 0 spiro atoms. The Morgan fingerprint density at radius 1 is 1.08 bits per heavy atom. The molecule has 0 fully saturated rings. The fourth-order valence-corrected chi connectivity index (χ4v) is 2.63. The maximum atomic E-state index is 12.3. The molecule has 0 bridgehead atoms. The van der Waals surface area contributed by atoms with Crippen LogP contribution in [0.3, 0.4) is 0 Å². The van der Waals surface area contributed by atoms with Crippen molar-refractivity contribution in [1.29, 1.82) is 0 Å². The van der Waals surface area contributed by atoms with E-state index in [-0.39, 0.29) is 23.8 Å². The number of hydrogen-bond donors (Lipinski definition) is 1. The molecule has 3 rings (SSSR count). The van der Waals surface area contributed by atoms with E-state index in [1.807, 2.05) is 0 Å². The van der Waals surface area contributed by atoms with Crippen molar-refractivity contribution in [2.45, 2.75) is 6.42 Å². The smallest absolute Gasteiger partial charge is 0.263 e. The minimum atomic E-state index is -0.407. The molecule has 122 valence electrons. The number of rotatable bonds is 4. The average molecular weight is 324 g/mol. The van der Waals surface area contributed by atoms with Gasteiger partial charge in [0.2, 0.25) is 5.91 Å². The highest BCUT2D eigenvalue weighted by Gasteiger charge is 2.35. The number of imide groups is 1. The number of anilines is 1. The lowest BCUT2D eigenvalue weighted by atomic mass is 10.1. The van der Waals surface area contributed by atoms with Crippen LogP contribution in [0.4, 0.5) is 5.69 Å². The molecule has 1 aliphatic rings. The summed E-state index contributed by atoms with van der Waals surface area (Å²) in [5.74, 6) is -0.313. The van der Waals surface area contributed by atoms with E-state index in [1.54, 1.807) is 49.6 Å². The van der Waals surface area contributed by atoms with Gasteiger partial charge in [-0.15, -0.1) is 0 Å². The highest BCUT2D eigenvalue weighted by Crippen LogP contribution is 2.28. The molecule has 0 saturated carbocycles. The molecule has 2 aromatic carbocycles. The van der Waals surface area contributed by atoms with E-state index in [0.717, 1.165) is 10.5 Å². The Morgan fingerprint density at radius 3 is 2.46 bits per heavy atom. The number of methoxy groups -OCH3 is 1. The maximum absolute atomic E-state index is 12.3. The van der Waals surface area contributed by atoms with Crippen LogP contribution in [-0.2, 0) is 11.2 Å². The van der Waals surface area contributed by atoms with Gasteiger partial charge < -0.3 is 10.1 Å². The van der Waals surface area contributed by atoms with Crippen molar-refractivity contribution in [1.82, 2.24) is 4.90 Å². The van der Waals surface area contributed by atoms with Gasteiger partial charge in [0.25, 0.3) is 11.8 Å². The zero-order chi connectivity index (χ0) is 17.3. The van der Waals surface area contributed by atoms with Gasteiger partial charge in [-0.2, -0.15) is 0 Å². The highest BCUT2D eigenvalue weighted by atomic mass is 16.5. The van der Waals surface area contributed by atoms with Crippen LogP contribution in [-0.4, -0.2) is 36.8 Å². The fraction of sp³-hybridized carbons (Fsp3) is 0.167. The van der Waals surface area contributed by atoms with E-state index in [1.165, 1.54) is 7.05 Å². The lowest BCUT2D eigenvalue weighted by Crippen LogP contribution is -2.24. The lowest BCUT2D eigenvalue weighted by molar-refractivity contribution is -0.115. The Kier molecular flexibility index (Phi) is 4.04. The summed E-state index contributed by atoms with van der Waals surface area (Å²) in [6.45, 7) is 0. The van der Waals surface area contributed by atoms with Crippen molar-refractivity contribution in [3.63, 3.8) is 0 Å². The molecule has 0 aromatic heterocycles. The lowest BCUT2D eigenvalue weighted by Gasteiger charge is -2.09. The van der Waals surface area contributed by atoms with Crippen LogP contribution in [0.15, 0.2) is 42.5 Å². The number of fused-ring (bicyclic) bond motifs is 1. The van der Waals surface area contributed by atoms with Gasteiger partial charge in [-0.1, -0.05) is 18.2 Å². The molecule has 6 nitrogen and oxygen atoms in total. The van der Waals surface area contributed by atoms with E-state index in [0.29, 0.717) is 17.0 Å². The van der Waals surface area contributed by atoms with Crippen LogP contribution < -0.4 is 10.1 Å². The Labute approximate surface area is 139 Å². The number of carbonyl (C=O) groups is 3. The van der Waals surface area contributed by atoms with Crippen LogP contribution in [0.1, 0.15) is 26.3 Å². The second-order valence-electron chi connectivity index (χ2n) is 5.47. The van der Waals surface area contributed by atoms with E-state index >= 15 is 0 Å². The van der Waals surface area contributed by atoms with Gasteiger partial charge in [0.05, 0.1) is 30.3 Å². The van der Waals surface area contributed by atoms with Gasteiger partial charge in [-0.3, -0.25) is 19.3 Å². The maximum Gasteiger partial charge on any atom is 0.263 e. The Hall–Kier alpha value is -3.15. The summed E-state index contributed by atoms with van der Waals surface area (Å²) in [6.07, 6.45) is 0.158. The van der Waals surface area contributed by atoms with Gasteiger partial charge >= 0.3 is 0 Å². The SMILES string of the molecule is COc1ccc(CC(=O)Nc2cccc3c2C(=O)N(C)C3=O)cc1. The van der Waals surface area contributed by atoms with Crippen molar-refractivity contribution in [2.24, 2.45) is 0 Å². The van der Waals surface area contributed by atoms with Crippen LogP contribution in [0, 0.1) is 0 Å². The Balaban J connectivity index is 1.78.